The SMILES string of the molecule is O=C(O)/C=C/c1ccsc1C(=O)N1CCNC(=O)C1. The van der Waals surface area contributed by atoms with Gasteiger partial charge in [0.25, 0.3) is 5.91 Å². The number of aliphatic carboxylic acids is 1. The number of nitrogens with zero attached hydrogens (tertiary/aromatic N) is 1. The van der Waals surface area contributed by atoms with Gasteiger partial charge in [-0.3, -0.25) is 9.59 Å². The molecule has 0 saturated carbocycles. The third kappa shape index (κ3) is 3.19. The molecule has 2 rings (SSSR count). The summed E-state index contributed by atoms with van der Waals surface area (Å²) >= 11 is 1.24. The number of hydrogen-bond acceptors (Lipinski definition) is 4. The zero-order valence-electron chi connectivity index (χ0n) is 9.96. The molecule has 100 valence electrons. The molecular formula is C12H12N2O4S. The first-order valence-corrected chi connectivity index (χ1v) is 6.50. The molecule has 1 fully saturated rings. The fourth-order valence-electron chi connectivity index (χ4n) is 1.74. The van der Waals surface area contributed by atoms with Crippen LogP contribution in [0.4, 0.5) is 0 Å². The van der Waals surface area contributed by atoms with E-state index in [0.717, 1.165) is 6.08 Å². The van der Waals surface area contributed by atoms with Crippen molar-refractivity contribution in [1.82, 2.24) is 10.2 Å². The van der Waals surface area contributed by atoms with Crippen LogP contribution in [0, 0.1) is 0 Å². The molecule has 6 nitrogen and oxygen atoms in total. The summed E-state index contributed by atoms with van der Waals surface area (Å²) in [5.41, 5.74) is 0.559. The Morgan fingerprint density at radius 2 is 2.26 bits per heavy atom. The first-order valence-electron chi connectivity index (χ1n) is 5.62. The molecule has 0 aromatic carbocycles. The van der Waals surface area contributed by atoms with E-state index in [1.165, 1.54) is 22.3 Å². The average molecular weight is 280 g/mol. The van der Waals surface area contributed by atoms with Gasteiger partial charge in [-0.1, -0.05) is 0 Å². The zero-order valence-corrected chi connectivity index (χ0v) is 10.8. The predicted octanol–water partition coefficient (Wildman–Crippen LogP) is 0.418. The van der Waals surface area contributed by atoms with Gasteiger partial charge >= 0.3 is 5.97 Å². The minimum absolute atomic E-state index is 0.0405. The minimum atomic E-state index is -1.07. The van der Waals surface area contributed by atoms with Gasteiger partial charge in [-0.15, -0.1) is 11.3 Å². The van der Waals surface area contributed by atoms with Crippen LogP contribution in [0.15, 0.2) is 17.5 Å². The van der Waals surface area contributed by atoms with Crippen LogP contribution in [0.1, 0.15) is 15.2 Å². The van der Waals surface area contributed by atoms with Crippen molar-refractivity contribution in [3.05, 3.63) is 28.0 Å². The van der Waals surface area contributed by atoms with Crippen LogP contribution < -0.4 is 5.32 Å². The Balaban J connectivity index is 2.17. The van der Waals surface area contributed by atoms with Crippen LogP contribution in [-0.4, -0.2) is 47.4 Å². The van der Waals surface area contributed by atoms with Crippen molar-refractivity contribution in [1.29, 1.82) is 0 Å². The van der Waals surface area contributed by atoms with Crippen LogP contribution >= 0.6 is 11.3 Å². The summed E-state index contributed by atoms with van der Waals surface area (Å²) < 4.78 is 0. The van der Waals surface area contributed by atoms with E-state index < -0.39 is 5.97 Å². The molecule has 1 aromatic heterocycles. The number of rotatable bonds is 3. The van der Waals surface area contributed by atoms with Crippen molar-refractivity contribution < 1.29 is 19.5 Å². The van der Waals surface area contributed by atoms with E-state index in [4.69, 9.17) is 5.11 Å². The molecule has 2 heterocycles. The van der Waals surface area contributed by atoms with Crippen molar-refractivity contribution >= 4 is 35.2 Å². The van der Waals surface area contributed by atoms with E-state index in [0.29, 0.717) is 23.5 Å². The van der Waals surface area contributed by atoms with E-state index in [2.05, 4.69) is 5.32 Å². The zero-order chi connectivity index (χ0) is 13.8. The Kier molecular flexibility index (Phi) is 3.96. The van der Waals surface area contributed by atoms with Crippen LogP contribution in [0.2, 0.25) is 0 Å². The molecule has 0 unspecified atom stereocenters. The number of carboxylic acid groups (broad SMARTS) is 1. The van der Waals surface area contributed by atoms with Gasteiger partial charge in [-0.25, -0.2) is 4.79 Å². The van der Waals surface area contributed by atoms with Crippen molar-refractivity contribution in [2.75, 3.05) is 19.6 Å². The summed E-state index contributed by atoms with van der Waals surface area (Å²) in [5, 5.41) is 13.0. The van der Waals surface area contributed by atoms with E-state index in [-0.39, 0.29) is 18.4 Å². The lowest BCUT2D eigenvalue weighted by Crippen LogP contribution is -2.49. The van der Waals surface area contributed by atoms with Gasteiger partial charge in [-0.05, 0) is 23.1 Å². The lowest BCUT2D eigenvalue weighted by Gasteiger charge is -2.26. The lowest BCUT2D eigenvalue weighted by atomic mass is 10.2. The molecule has 0 radical (unpaired) electrons. The van der Waals surface area contributed by atoms with E-state index in [1.54, 1.807) is 11.4 Å². The topological polar surface area (TPSA) is 86.7 Å². The number of hydrogen-bond donors (Lipinski definition) is 2. The third-order valence-electron chi connectivity index (χ3n) is 2.62. The summed E-state index contributed by atoms with van der Waals surface area (Å²) in [6.07, 6.45) is 2.37. The molecule has 1 aromatic rings. The molecule has 0 atom stereocenters. The predicted molar refractivity (Wildman–Crippen MR) is 69.9 cm³/mol. The first-order chi connectivity index (χ1) is 9.08. The number of piperazine rings is 1. The Morgan fingerprint density at radius 1 is 1.47 bits per heavy atom. The summed E-state index contributed by atoms with van der Waals surface area (Å²) in [5.74, 6) is -1.49. The van der Waals surface area contributed by atoms with Crippen molar-refractivity contribution in [2.45, 2.75) is 0 Å². The standard InChI is InChI=1S/C12H12N2O4S/c15-9-7-14(5-4-13-9)12(18)11-8(3-6-19-11)1-2-10(16)17/h1-3,6H,4-5,7H2,(H,13,15)(H,16,17)/b2-1+. The number of amides is 2. The van der Waals surface area contributed by atoms with E-state index in [1.807, 2.05) is 0 Å². The molecule has 0 aliphatic carbocycles. The molecule has 0 bridgehead atoms. The summed E-state index contributed by atoms with van der Waals surface area (Å²) in [6, 6.07) is 1.68. The molecule has 1 aliphatic rings. The van der Waals surface area contributed by atoms with E-state index in [9.17, 15) is 14.4 Å². The normalized spacial score (nSPS) is 15.6. The Labute approximate surface area is 113 Å². The smallest absolute Gasteiger partial charge is 0.328 e. The maximum atomic E-state index is 12.2. The third-order valence-corrected chi connectivity index (χ3v) is 3.54. The van der Waals surface area contributed by atoms with Gasteiger partial charge in [0.15, 0.2) is 0 Å². The molecule has 1 saturated heterocycles. The van der Waals surface area contributed by atoms with Crippen LogP contribution in [0.25, 0.3) is 6.08 Å². The quantitative estimate of drug-likeness (QED) is 0.786. The highest BCUT2D eigenvalue weighted by Crippen LogP contribution is 2.20. The fourth-order valence-corrected chi connectivity index (χ4v) is 2.59. The second kappa shape index (κ2) is 5.66. The van der Waals surface area contributed by atoms with Gasteiger partial charge in [0, 0.05) is 19.2 Å². The fraction of sp³-hybridized carbons (Fsp3) is 0.250. The first kappa shape index (κ1) is 13.3. The van der Waals surface area contributed by atoms with Gasteiger partial charge in [0.05, 0.1) is 11.4 Å². The Hall–Kier alpha value is -2.15. The largest absolute Gasteiger partial charge is 0.478 e. The summed E-state index contributed by atoms with van der Waals surface area (Å²) in [7, 11) is 0. The van der Waals surface area contributed by atoms with Crippen LogP contribution in [0.3, 0.4) is 0 Å². The second-order valence-corrected chi connectivity index (χ2v) is 4.87. The molecule has 2 N–H and O–H groups in total. The van der Waals surface area contributed by atoms with Gasteiger partial charge < -0.3 is 15.3 Å². The summed E-state index contributed by atoms with van der Waals surface area (Å²) in [6.45, 7) is 0.944. The van der Waals surface area contributed by atoms with Gasteiger partial charge in [0.2, 0.25) is 5.91 Å². The minimum Gasteiger partial charge on any atom is -0.478 e. The van der Waals surface area contributed by atoms with Gasteiger partial charge in [-0.2, -0.15) is 0 Å². The van der Waals surface area contributed by atoms with Crippen LogP contribution in [0.5, 0.6) is 0 Å². The van der Waals surface area contributed by atoms with Crippen molar-refractivity contribution in [3.63, 3.8) is 0 Å². The number of nitrogens with one attached hydrogen (secondary N) is 1. The van der Waals surface area contributed by atoms with E-state index >= 15 is 0 Å². The van der Waals surface area contributed by atoms with Crippen molar-refractivity contribution in [2.24, 2.45) is 0 Å². The Bertz CT molecular complexity index is 550. The number of thiophene rings is 1. The number of carbonyl (C=O) groups is 3. The Morgan fingerprint density at radius 3 is 2.95 bits per heavy atom. The van der Waals surface area contributed by atoms with Gasteiger partial charge in [0.1, 0.15) is 0 Å². The summed E-state index contributed by atoms with van der Waals surface area (Å²) in [4.78, 5) is 35.9. The number of carboxylic acids is 1. The highest BCUT2D eigenvalue weighted by atomic mass is 32.1. The lowest BCUT2D eigenvalue weighted by molar-refractivity contribution is -0.131. The average Bonchev–Trinajstić information content (AvgIpc) is 2.83. The maximum absolute atomic E-state index is 12.2. The second-order valence-electron chi connectivity index (χ2n) is 3.95. The molecule has 19 heavy (non-hydrogen) atoms. The molecule has 1 aliphatic heterocycles. The molecule has 2 amide bonds. The molecule has 0 spiro atoms. The maximum Gasteiger partial charge on any atom is 0.328 e. The van der Waals surface area contributed by atoms with Crippen LogP contribution in [-0.2, 0) is 9.59 Å². The highest BCUT2D eigenvalue weighted by Gasteiger charge is 2.24. The number of carbonyl (C=O) groups excluding carboxylic acids is 2. The highest BCUT2D eigenvalue weighted by molar-refractivity contribution is 7.12. The van der Waals surface area contributed by atoms with Crippen molar-refractivity contribution in [3.8, 4) is 0 Å². The monoisotopic (exact) mass is 280 g/mol. The molecule has 7 heteroatoms. The molecular weight excluding hydrogens is 268 g/mol.